The number of anilines is 1. The third-order valence-corrected chi connectivity index (χ3v) is 3.73. The highest BCUT2D eigenvalue weighted by molar-refractivity contribution is 5.45. The van der Waals surface area contributed by atoms with Gasteiger partial charge in [0.15, 0.2) is 0 Å². The Balaban J connectivity index is 1.93. The van der Waals surface area contributed by atoms with E-state index >= 15 is 0 Å². The minimum Gasteiger partial charge on any atom is -0.380 e. The summed E-state index contributed by atoms with van der Waals surface area (Å²) in [6.45, 7) is 6.74. The Hall–Kier alpha value is -1.09. The molecule has 1 unspecified atom stereocenters. The van der Waals surface area contributed by atoms with Gasteiger partial charge in [-0.25, -0.2) is 4.39 Å². The fourth-order valence-electron chi connectivity index (χ4n) is 2.58. The van der Waals surface area contributed by atoms with Crippen LogP contribution in [0.5, 0.6) is 0 Å². The third-order valence-electron chi connectivity index (χ3n) is 3.73. The maximum atomic E-state index is 13.6. The van der Waals surface area contributed by atoms with Crippen LogP contribution in [-0.2, 0) is 0 Å². The molecule has 0 saturated carbocycles. The predicted octanol–water partition coefficient (Wildman–Crippen LogP) is 3.50. The van der Waals surface area contributed by atoms with Crippen LogP contribution in [0.3, 0.4) is 0 Å². The van der Waals surface area contributed by atoms with E-state index in [0.717, 1.165) is 25.9 Å². The van der Waals surface area contributed by atoms with Gasteiger partial charge in [0, 0.05) is 18.6 Å². The second-order valence-electron chi connectivity index (χ2n) is 5.38. The van der Waals surface area contributed by atoms with Crippen molar-refractivity contribution in [3.8, 4) is 0 Å². The van der Waals surface area contributed by atoms with Gasteiger partial charge in [0.1, 0.15) is 5.82 Å². The lowest BCUT2D eigenvalue weighted by atomic mass is 10.1. The first-order valence-corrected chi connectivity index (χ1v) is 6.92. The summed E-state index contributed by atoms with van der Waals surface area (Å²) in [5.41, 5.74) is 0.639. The molecule has 1 saturated heterocycles. The molecule has 18 heavy (non-hydrogen) atoms. The Labute approximate surface area is 109 Å². The number of nitrogens with one attached hydrogen (secondary N) is 1. The number of halogens is 1. The SMILES string of the molecule is CC(C)N1CCCC(Nc2ccccc2F)CC1. The molecule has 1 aromatic rings. The van der Waals surface area contributed by atoms with Crippen molar-refractivity contribution in [2.75, 3.05) is 18.4 Å². The van der Waals surface area contributed by atoms with Crippen molar-refractivity contribution in [2.24, 2.45) is 0 Å². The molecule has 0 aliphatic carbocycles. The molecule has 3 heteroatoms. The molecule has 1 aromatic carbocycles. The molecule has 1 aliphatic heterocycles. The minimum atomic E-state index is -0.150. The van der Waals surface area contributed by atoms with Gasteiger partial charge >= 0.3 is 0 Å². The molecule has 0 spiro atoms. The second kappa shape index (κ2) is 6.19. The van der Waals surface area contributed by atoms with E-state index in [4.69, 9.17) is 0 Å². The molecule has 1 fully saturated rings. The summed E-state index contributed by atoms with van der Waals surface area (Å²) in [6.07, 6.45) is 3.40. The zero-order valence-corrected chi connectivity index (χ0v) is 11.3. The molecule has 1 heterocycles. The topological polar surface area (TPSA) is 15.3 Å². The Morgan fingerprint density at radius 1 is 1.22 bits per heavy atom. The van der Waals surface area contributed by atoms with Gasteiger partial charge in [-0.3, -0.25) is 0 Å². The van der Waals surface area contributed by atoms with Crippen LogP contribution in [0, 0.1) is 5.82 Å². The molecule has 100 valence electrons. The zero-order chi connectivity index (χ0) is 13.0. The van der Waals surface area contributed by atoms with E-state index in [-0.39, 0.29) is 5.82 Å². The van der Waals surface area contributed by atoms with E-state index in [1.54, 1.807) is 6.07 Å². The van der Waals surface area contributed by atoms with E-state index in [1.165, 1.54) is 12.5 Å². The molecule has 1 N–H and O–H groups in total. The highest BCUT2D eigenvalue weighted by atomic mass is 19.1. The smallest absolute Gasteiger partial charge is 0.146 e. The molecule has 1 aliphatic rings. The first kappa shape index (κ1) is 13.3. The van der Waals surface area contributed by atoms with Gasteiger partial charge in [-0.15, -0.1) is 0 Å². The average molecular weight is 250 g/mol. The third kappa shape index (κ3) is 3.45. The molecule has 2 nitrogen and oxygen atoms in total. The maximum absolute atomic E-state index is 13.6. The van der Waals surface area contributed by atoms with Crippen LogP contribution in [0.2, 0.25) is 0 Å². The largest absolute Gasteiger partial charge is 0.380 e. The van der Waals surface area contributed by atoms with E-state index in [1.807, 2.05) is 12.1 Å². The van der Waals surface area contributed by atoms with Gasteiger partial charge in [-0.05, 0) is 51.8 Å². The molecular formula is C15H23FN2. The van der Waals surface area contributed by atoms with Crippen LogP contribution in [0.4, 0.5) is 10.1 Å². The lowest BCUT2D eigenvalue weighted by Crippen LogP contribution is -2.32. The molecule has 1 atom stereocenters. The first-order valence-electron chi connectivity index (χ1n) is 6.92. The Morgan fingerprint density at radius 2 is 2.00 bits per heavy atom. The maximum Gasteiger partial charge on any atom is 0.146 e. The number of benzene rings is 1. The summed E-state index contributed by atoms with van der Waals surface area (Å²) >= 11 is 0. The van der Waals surface area contributed by atoms with Crippen molar-refractivity contribution < 1.29 is 4.39 Å². The summed E-state index contributed by atoms with van der Waals surface area (Å²) < 4.78 is 13.6. The van der Waals surface area contributed by atoms with Crippen LogP contribution in [0.15, 0.2) is 24.3 Å². The van der Waals surface area contributed by atoms with Crippen molar-refractivity contribution in [2.45, 2.75) is 45.2 Å². The Bertz CT molecular complexity index is 379. The van der Waals surface area contributed by atoms with Crippen molar-refractivity contribution in [3.05, 3.63) is 30.1 Å². The van der Waals surface area contributed by atoms with E-state index < -0.39 is 0 Å². The summed E-state index contributed by atoms with van der Waals surface area (Å²) in [6, 6.07) is 7.94. The van der Waals surface area contributed by atoms with Crippen molar-refractivity contribution in [1.82, 2.24) is 4.90 Å². The van der Waals surface area contributed by atoms with Crippen LogP contribution >= 0.6 is 0 Å². The van der Waals surface area contributed by atoms with Crippen molar-refractivity contribution in [3.63, 3.8) is 0 Å². The second-order valence-corrected chi connectivity index (χ2v) is 5.38. The van der Waals surface area contributed by atoms with Gasteiger partial charge in [-0.1, -0.05) is 12.1 Å². The lowest BCUT2D eigenvalue weighted by molar-refractivity contribution is 0.230. The number of nitrogens with zero attached hydrogens (tertiary/aromatic N) is 1. The average Bonchev–Trinajstić information content (AvgIpc) is 2.58. The Kier molecular flexibility index (Phi) is 4.59. The quantitative estimate of drug-likeness (QED) is 0.883. The molecule has 2 rings (SSSR count). The lowest BCUT2D eigenvalue weighted by Gasteiger charge is -2.24. The summed E-state index contributed by atoms with van der Waals surface area (Å²) in [4.78, 5) is 2.50. The highest BCUT2D eigenvalue weighted by Crippen LogP contribution is 2.20. The normalized spacial score (nSPS) is 21.9. The van der Waals surface area contributed by atoms with Gasteiger partial charge in [0.2, 0.25) is 0 Å². The molecule has 0 bridgehead atoms. The van der Waals surface area contributed by atoms with Gasteiger partial charge < -0.3 is 10.2 Å². The number of rotatable bonds is 3. The Morgan fingerprint density at radius 3 is 2.72 bits per heavy atom. The molecule has 0 aromatic heterocycles. The van der Waals surface area contributed by atoms with E-state index in [9.17, 15) is 4.39 Å². The van der Waals surface area contributed by atoms with Crippen LogP contribution in [-0.4, -0.2) is 30.1 Å². The van der Waals surface area contributed by atoms with Crippen LogP contribution in [0.1, 0.15) is 33.1 Å². The zero-order valence-electron chi connectivity index (χ0n) is 11.3. The molecular weight excluding hydrogens is 227 g/mol. The first-order chi connectivity index (χ1) is 8.66. The van der Waals surface area contributed by atoms with Crippen molar-refractivity contribution >= 4 is 5.69 Å². The summed E-state index contributed by atoms with van der Waals surface area (Å²) in [7, 11) is 0. The highest BCUT2D eigenvalue weighted by Gasteiger charge is 2.19. The summed E-state index contributed by atoms with van der Waals surface area (Å²) in [5.74, 6) is -0.150. The monoisotopic (exact) mass is 250 g/mol. The van der Waals surface area contributed by atoms with Gasteiger partial charge in [0.25, 0.3) is 0 Å². The van der Waals surface area contributed by atoms with Gasteiger partial charge in [-0.2, -0.15) is 0 Å². The number of likely N-dealkylation sites (tertiary alicyclic amines) is 1. The fraction of sp³-hybridized carbons (Fsp3) is 0.600. The minimum absolute atomic E-state index is 0.150. The predicted molar refractivity (Wildman–Crippen MR) is 74.4 cm³/mol. The van der Waals surface area contributed by atoms with E-state index in [0.29, 0.717) is 17.8 Å². The fourth-order valence-corrected chi connectivity index (χ4v) is 2.58. The number of para-hydroxylation sites is 1. The molecule has 0 amide bonds. The summed E-state index contributed by atoms with van der Waals surface area (Å²) in [5, 5.41) is 3.35. The van der Waals surface area contributed by atoms with Crippen LogP contribution < -0.4 is 5.32 Å². The van der Waals surface area contributed by atoms with Crippen molar-refractivity contribution in [1.29, 1.82) is 0 Å². The molecule has 0 radical (unpaired) electrons. The van der Waals surface area contributed by atoms with Gasteiger partial charge in [0.05, 0.1) is 5.69 Å². The standard InChI is InChI=1S/C15H23FN2/c1-12(2)18-10-5-6-13(9-11-18)17-15-8-4-3-7-14(15)16/h3-4,7-8,12-13,17H,5-6,9-11H2,1-2H3. The number of hydrogen-bond acceptors (Lipinski definition) is 2. The number of hydrogen-bond donors (Lipinski definition) is 1. The van der Waals surface area contributed by atoms with E-state index in [2.05, 4.69) is 24.1 Å². The van der Waals surface area contributed by atoms with Crippen LogP contribution in [0.25, 0.3) is 0 Å².